The summed E-state index contributed by atoms with van der Waals surface area (Å²) < 4.78 is 0. The lowest BCUT2D eigenvalue weighted by Gasteiger charge is -2.12. The van der Waals surface area contributed by atoms with E-state index in [1.54, 1.807) is 12.1 Å². The maximum Gasteiger partial charge on any atom is 0.311 e. The number of aliphatic carboxylic acids is 1. The van der Waals surface area contributed by atoms with Crippen molar-refractivity contribution in [2.45, 2.75) is 32.6 Å². The van der Waals surface area contributed by atoms with Crippen LogP contribution >= 0.6 is 0 Å². The van der Waals surface area contributed by atoms with Gasteiger partial charge in [-0.15, -0.1) is 0 Å². The van der Waals surface area contributed by atoms with Gasteiger partial charge in [-0.25, -0.2) is 0 Å². The summed E-state index contributed by atoms with van der Waals surface area (Å²) >= 11 is 0. The van der Waals surface area contributed by atoms with Gasteiger partial charge in [-0.1, -0.05) is 31.2 Å². The Bertz CT molecular complexity index is 412. The molecule has 4 heteroatoms. The molecule has 4 nitrogen and oxygen atoms in total. The number of nitrogens with one attached hydrogen (secondary N) is 1. The minimum absolute atomic E-state index is 0.0192. The number of rotatable bonds is 6. The van der Waals surface area contributed by atoms with Crippen LogP contribution < -0.4 is 5.32 Å². The third-order valence-electron chi connectivity index (χ3n) is 2.85. The highest BCUT2D eigenvalue weighted by Gasteiger charge is 2.22. The van der Waals surface area contributed by atoms with Crippen molar-refractivity contribution in [2.75, 3.05) is 6.54 Å². The van der Waals surface area contributed by atoms with Crippen LogP contribution in [0.2, 0.25) is 0 Å². The van der Waals surface area contributed by atoms with E-state index in [2.05, 4.69) is 5.32 Å². The van der Waals surface area contributed by atoms with Crippen molar-refractivity contribution >= 4 is 11.9 Å². The smallest absolute Gasteiger partial charge is 0.311 e. The van der Waals surface area contributed by atoms with E-state index in [4.69, 9.17) is 0 Å². The topological polar surface area (TPSA) is 66.4 Å². The molecule has 0 saturated carbocycles. The van der Waals surface area contributed by atoms with Crippen LogP contribution in [0.5, 0.6) is 0 Å². The monoisotopic (exact) mass is 249 g/mol. The molecule has 0 aliphatic carbocycles. The Morgan fingerprint density at radius 2 is 1.83 bits per heavy atom. The van der Waals surface area contributed by atoms with Crippen LogP contribution in [0.25, 0.3) is 0 Å². The number of hydrogen-bond acceptors (Lipinski definition) is 2. The molecule has 1 amide bonds. The van der Waals surface area contributed by atoms with Crippen LogP contribution in [-0.4, -0.2) is 23.5 Å². The van der Waals surface area contributed by atoms with E-state index in [1.165, 1.54) is 0 Å². The molecule has 0 bridgehead atoms. The summed E-state index contributed by atoms with van der Waals surface area (Å²) in [6.45, 7) is 4.36. The second-order valence-corrected chi connectivity index (χ2v) is 4.14. The highest BCUT2D eigenvalue weighted by Crippen LogP contribution is 2.20. The normalized spacial score (nSPS) is 11.9. The zero-order valence-electron chi connectivity index (χ0n) is 10.8. The largest absolute Gasteiger partial charge is 0.481 e. The van der Waals surface area contributed by atoms with Crippen LogP contribution in [0.15, 0.2) is 24.3 Å². The average Bonchev–Trinajstić information content (AvgIpc) is 2.36. The van der Waals surface area contributed by atoms with Gasteiger partial charge in [0.2, 0.25) is 5.91 Å². The number of carbonyl (C=O) groups excluding carboxylic acids is 1. The molecular weight excluding hydrogens is 230 g/mol. The van der Waals surface area contributed by atoms with Crippen molar-refractivity contribution in [3.05, 3.63) is 35.4 Å². The van der Waals surface area contributed by atoms with Crippen LogP contribution in [-0.2, 0) is 16.0 Å². The van der Waals surface area contributed by atoms with Gasteiger partial charge in [0.1, 0.15) is 0 Å². The second-order valence-electron chi connectivity index (χ2n) is 4.14. The van der Waals surface area contributed by atoms with Crippen molar-refractivity contribution in [3.63, 3.8) is 0 Å². The van der Waals surface area contributed by atoms with Gasteiger partial charge < -0.3 is 10.4 Å². The lowest BCUT2D eigenvalue weighted by Crippen LogP contribution is -2.27. The molecule has 98 valence electrons. The number of benzene rings is 1. The first-order valence-electron chi connectivity index (χ1n) is 6.16. The van der Waals surface area contributed by atoms with Gasteiger partial charge in [0.05, 0.1) is 5.92 Å². The Labute approximate surface area is 107 Å². The molecule has 1 aromatic carbocycles. The molecule has 0 spiro atoms. The zero-order chi connectivity index (χ0) is 13.5. The molecule has 1 rings (SSSR count). The first kappa shape index (κ1) is 14.2. The fourth-order valence-electron chi connectivity index (χ4n) is 1.79. The molecule has 18 heavy (non-hydrogen) atoms. The first-order chi connectivity index (χ1) is 8.58. The molecule has 0 radical (unpaired) electrons. The lowest BCUT2D eigenvalue weighted by atomic mass is 9.94. The molecule has 0 aliphatic heterocycles. The summed E-state index contributed by atoms with van der Waals surface area (Å²) in [5, 5.41) is 11.8. The first-order valence-corrected chi connectivity index (χ1v) is 6.16. The van der Waals surface area contributed by atoms with E-state index >= 15 is 0 Å². The number of carboxylic acid groups (broad SMARTS) is 1. The van der Waals surface area contributed by atoms with Crippen LogP contribution in [0.4, 0.5) is 0 Å². The molecule has 1 atom stereocenters. The van der Waals surface area contributed by atoms with E-state index in [-0.39, 0.29) is 12.3 Å². The number of aryl methyl sites for hydroxylation is 1. The molecule has 2 N–H and O–H groups in total. The summed E-state index contributed by atoms with van der Waals surface area (Å²) in [6.07, 6.45) is 0.892. The number of amides is 1. The summed E-state index contributed by atoms with van der Waals surface area (Å²) in [5.74, 6) is -1.97. The van der Waals surface area contributed by atoms with Crippen molar-refractivity contribution < 1.29 is 14.7 Å². The lowest BCUT2D eigenvalue weighted by molar-refractivity contribution is -0.140. The zero-order valence-corrected chi connectivity index (χ0v) is 10.8. The van der Waals surface area contributed by atoms with E-state index in [0.29, 0.717) is 12.1 Å². The Morgan fingerprint density at radius 1 is 1.22 bits per heavy atom. The number of carboxylic acids is 1. The molecule has 1 unspecified atom stereocenters. The standard InChI is InChI=1S/C14H19NO3/c1-3-10-5-7-11(8-6-10)12(14(17)18)9-13(16)15-4-2/h5-8,12H,3-4,9H2,1-2H3,(H,15,16)(H,17,18). The van der Waals surface area contributed by atoms with Gasteiger partial charge in [-0.2, -0.15) is 0 Å². The average molecular weight is 249 g/mol. The maximum absolute atomic E-state index is 11.5. The molecule has 0 heterocycles. The van der Waals surface area contributed by atoms with Gasteiger partial charge in [0.25, 0.3) is 0 Å². The van der Waals surface area contributed by atoms with Crippen molar-refractivity contribution in [2.24, 2.45) is 0 Å². The van der Waals surface area contributed by atoms with Gasteiger partial charge in [0, 0.05) is 13.0 Å². The Balaban J connectivity index is 2.83. The highest BCUT2D eigenvalue weighted by atomic mass is 16.4. The van der Waals surface area contributed by atoms with E-state index in [1.807, 2.05) is 26.0 Å². The Morgan fingerprint density at radius 3 is 2.28 bits per heavy atom. The fourth-order valence-corrected chi connectivity index (χ4v) is 1.79. The summed E-state index contributed by atoms with van der Waals surface area (Å²) in [6, 6.07) is 7.39. The van der Waals surface area contributed by atoms with Gasteiger partial charge >= 0.3 is 5.97 Å². The number of carbonyl (C=O) groups is 2. The third kappa shape index (κ3) is 3.87. The van der Waals surface area contributed by atoms with Gasteiger partial charge in [-0.05, 0) is 24.5 Å². The summed E-state index contributed by atoms with van der Waals surface area (Å²) in [7, 11) is 0. The van der Waals surface area contributed by atoms with Crippen LogP contribution in [0.3, 0.4) is 0 Å². The predicted molar refractivity (Wildman–Crippen MR) is 69.5 cm³/mol. The predicted octanol–water partition coefficient (Wildman–Crippen LogP) is 1.94. The van der Waals surface area contributed by atoms with E-state index in [9.17, 15) is 14.7 Å². The molecule has 1 aromatic rings. The molecule has 0 aromatic heterocycles. The summed E-state index contributed by atoms with van der Waals surface area (Å²) in [5.41, 5.74) is 1.83. The summed E-state index contributed by atoms with van der Waals surface area (Å²) in [4.78, 5) is 22.7. The second kappa shape index (κ2) is 6.79. The van der Waals surface area contributed by atoms with Crippen molar-refractivity contribution in [1.29, 1.82) is 0 Å². The Hall–Kier alpha value is -1.84. The van der Waals surface area contributed by atoms with Crippen LogP contribution in [0, 0.1) is 0 Å². The van der Waals surface area contributed by atoms with Crippen molar-refractivity contribution in [3.8, 4) is 0 Å². The minimum Gasteiger partial charge on any atom is -0.481 e. The van der Waals surface area contributed by atoms with Crippen molar-refractivity contribution in [1.82, 2.24) is 5.32 Å². The van der Waals surface area contributed by atoms with Gasteiger partial charge in [0.15, 0.2) is 0 Å². The number of hydrogen-bond donors (Lipinski definition) is 2. The molecular formula is C14H19NO3. The molecule has 0 saturated heterocycles. The van der Waals surface area contributed by atoms with E-state index in [0.717, 1.165) is 12.0 Å². The Kier molecular flexibility index (Phi) is 5.36. The molecule has 0 fully saturated rings. The third-order valence-corrected chi connectivity index (χ3v) is 2.85. The SMILES string of the molecule is CCNC(=O)CC(C(=O)O)c1ccc(CC)cc1. The fraction of sp³-hybridized carbons (Fsp3) is 0.429. The molecule has 0 aliphatic rings. The van der Waals surface area contributed by atoms with Gasteiger partial charge in [-0.3, -0.25) is 9.59 Å². The van der Waals surface area contributed by atoms with E-state index < -0.39 is 11.9 Å². The maximum atomic E-state index is 11.5. The highest BCUT2D eigenvalue weighted by molar-refractivity contribution is 5.85. The minimum atomic E-state index is -0.967. The quantitative estimate of drug-likeness (QED) is 0.809. The van der Waals surface area contributed by atoms with Crippen LogP contribution in [0.1, 0.15) is 37.3 Å².